The van der Waals surface area contributed by atoms with Gasteiger partial charge in [-0.05, 0) is 26.1 Å². The first-order valence-corrected chi connectivity index (χ1v) is 6.73. The number of carboxylic acid groups (broad SMARTS) is 1. The first-order chi connectivity index (χ1) is 9.22. The molecule has 0 aliphatic rings. The fourth-order valence-corrected chi connectivity index (χ4v) is 2.30. The number of amides is 1. The minimum absolute atomic E-state index is 0.108. The standard InChI is InChI=1S/C12H13Cl3N2O3/c1-6(12(19)20)17(2)5-10(18)16-11-8(14)3-7(13)4-9(11)15/h3-4,6H,5H2,1-2H3,(H,16,18)(H,19,20). The minimum atomic E-state index is -1.01. The molecule has 0 heterocycles. The third kappa shape index (κ3) is 4.52. The van der Waals surface area contributed by atoms with Gasteiger partial charge in [0.1, 0.15) is 6.04 Å². The van der Waals surface area contributed by atoms with E-state index in [9.17, 15) is 9.59 Å². The maximum atomic E-state index is 11.8. The molecule has 0 fully saturated rings. The van der Waals surface area contributed by atoms with E-state index in [4.69, 9.17) is 39.9 Å². The molecule has 0 spiro atoms. The first-order valence-electron chi connectivity index (χ1n) is 5.59. The summed E-state index contributed by atoms with van der Waals surface area (Å²) in [7, 11) is 1.53. The molecule has 1 rings (SSSR count). The van der Waals surface area contributed by atoms with Crippen molar-refractivity contribution < 1.29 is 14.7 Å². The normalized spacial score (nSPS) is 12.3. The largest absolute Gasteiger partial charge is 0.480 e. The molecule has 110 valence electrons. The van der Waals surface area contributed by atoms with Gasteiger partial charge in [0.25, 0.3) is 0 Å². The Balaban J connectivity index is 2.75. The van der Waals surface area contributed by atoms with E-state index in [1.165, 1.54) is 31.0 Å². The highest BCUT2D eigenvalue weighted by atomic mass is 35.5. The van der Waals surface area contributed by atoms with E-state index >= 15 is 0 Å². The zero-order chi connectivity index (χ0) is 15.4. The SMILES string of the molecule is CC(C(=O)O)N(C)CC(=O)Nc1c(Cl)cc(Cl)cc1Cl. The van der Waals surface area contributed by atoms with Crippen LogP contribution in [0.3, 0.4) is 0 Å². The molecule has 0 saturated carbocycles. The van der Waals surface area contributed by atoms with Crippen molar-refractivity contribution in [1.29, 1.82) is 0 Å². The third-order valence-corrected chi connectivity index (χ3v) is 3.50. The molecule has 5 nitrogen and oxygen atoms in total. The Morgan fingerprint density at radius 3 is 2.25 bits per heavy atom. The second kappa shape index (κ2) is 7.13. The van der Waals surface area contributed by atoms with Gasteiger partial charge < -0.3 is 10.4 Å². The number of likely N-dealkylation sites (N-methyl/N-ethyl adjacent to an activating group) is 1. The number of halogens is 3. The molecule has 1 aromatic carbocycles. The van der Waals surface area contributed by atoms with Crippen LogP contribution >= 0.6 is 34.8 Å². The maximum Gasteiger partial charge on any atom is 0.320 e. The molecular weight excluding hydrogens is 327 g/mol. The highest BCUT2D eigenvalue weighted by molar-refractivity contribution is 6.42. The van der Waals surface area contributed by atoms with Crippen molar-refractivity contribution in [3.63, 3.8) is 0 Å². The molecule has 20 heavy (non-hydrogen) atoms. The van der Waals surface area contributed by atoms with E-state index in [2.05, 4.69) is 5.32 Å². The van der Waals surface area contributed by atoms with Crippen LogP contribution in [0.5, 0.6) is 0 Å². The van der Waals surface area contributed by atoms with Gasteiger partial charge in [-0.1, -0.05) is 34.8 Å². The lowest BCUT2D eigenvalue weighted by molar-refractivity contribution is -0.142. The van der Waals surface area contributed by atoms with E-state index < -0.39 is 17.9 Å². The van der Waals surface area contributed by atoms with Gasteiger partial charge in [0.05, 0.1) is 22.3 Å². The number of anilines is 1. The number of benzene rings is 1. The van der Waals surface area contributed by atoms with Crippen molar-refractivity contribution in [3.8, 4) is 0 Å². The number of hydrogen-bond donors (Lipinski definition) is 2. The number of carbonyl (C=O) groups is 2. The number of nitrogens with zero attached hydrogens (tertiary/aromatic N) is 1. The fraction of sp³-hybridized carbons (Fsp3) is 0.333. The quantitative estimate of drug-likeness (QED) is 0.865. The summed E-state index contributed by atoms with van der Waals surface area (Å²) < 4.78 is 0. The van der Waals surface area contributed by atoms with Crippen LogP contribution in [0.25, 0.3) is 0 Å². The molecule has 1 amide bonds. The lowest BCUT2D eigenvalue weighted by Crippen LogP contribution is -2.40. The highest BCUT2D eigenvalue weighted by Gasteiger charge is 2.20. The summed E-state index contributed by atoms with van der Waals surface area (Å²) >= 11 is 17.6. The number of rotatable bonds is 5. The Hall–Kier alpha value is -1.01. The molecular formula is C12H13Cl3N2O3. The van der Waals surface area contributed by atoms with Gasteiger partial charge in [0.2, 0.25) is 5.91 Å². The maximum absolute atomic E-state index is 11.8. The van der Waals surface area contributed by atoms with Crippen LogP contribution in [0.1, 0.15) is 6.92 Å². The zero-order valence-corrected chi connectivity index (χ0v) is 13.1. The number of nitrogens with one attached hydrogen (secondary N) is 1. The van der Waals surface area contributed by atoms with Crippen LogP contribution in [0, 0.1) is 0 Å². The Labute approximate surface area is 131 Å². The summed E-state index contributed by atoms with van der Waals surface area (Å²) in [4.78, 5) is 24.0. The summed E-state index contributed by atoms with van der Waals surface area (Å²) in [6, 6.07) is 2.12. The van der Waals surface area contributed by atoms with E-state index in [1.54, 1.807) is 0 Å². The van der Waals surface area contributed by atoms with Crippen molar-refractivity contribution in [2.45, 2.75) is 13.0 Å². The Bertz CT molecular complexity index is 514. The second-order valence-electron chi connectivity index (χ2n) is 4.22. The molecule has 1 atom stereocenters. The van der Waals surface area contributed by atoms with Crippen LogP contribution in [-0.2, 0) is 9.59 Å². The smallest absolute Gasteiger partial charge is 0.320 e. The molecule has 8 heteroatoms. The molecule has 0 radical (unpaired) electrons. The van der Waals surface area contributed by atoms with Crippen LogP contribution in [-0.4, -0.2) is 41.5 Å². The number of hydrogen-bond acceptors (Lipinski definition) is 3. The monoisotopic (exact) mass is 338 g/mol. The van der Waals surface area contributed by atoms with Crippen molar-refractivity contribution in [3.05, 3.63) is 27.2 Å². The van der Waals surface area contributed by atoms with Gasteiger partial charge in [-0.2, -0.15) is 0 Å². The van der Waals surface area contributed by atoms with Crippen LogP contribution in [0.4, 0.5) is 5.69 Å². The van der Waals surface area contributed by atoms with E-state index in [0.29, 0.717) is 5.02 Å². The number of carboxylic acids is 1. The van der Waals surface area contributed by atoms with Crippen LogP contribution < -0.4 is 5.32 Å². The summed E-state index contributed by atoms with van der Waals surface area (Å²) in [6.45, 7) is 1.38. The summed E-state index contributed by atoms with van der Waals surface area (Å²) in [6.07, 6.45) is 0. The molecule has 0 saturated heterocycles. The second-order valence-corrected chi connectivity index (χ2v) is 5.47. The lowest BCUT2D eigenvalue weighted by atomic mass is 10.3. The first kappa shape index (κ1) is 17.0. The predicted octanol–water partition coefficient (Wildman–Crippen LogP) is 2.99. The lowest BCUT2D eigenvalue weighted by Gasteiger charge is -2.20. The van der Waals surface area contributed by atoms with Gasteiger partial charge in [-0.25, -0.2) is 0 Å². The molecule has 0 bridgehead atoms. The summed E-state index contributed by atoms with van der Waals surface area (Å²) in [5.41, 5.74) is 0.249. The Morgan fingerprint density at radius 2 is 1.80 bits per heavy atom. The third-order valence-electron chi connectivity index (χ3n) is 2.68. The number of aliphatic carboxylic acids is 1. The molecule has 1 aromatic rings. The predicted molar refractivity (Wildman–Crippen MR) is 79.8 cm³/mol. The highest BCUT2D eigenvalue weighted by Crippen LogP contribution is 2.33. The fourth-order valence-electron chi connectivity index (χ4n) is 1.39. The van der Waals surface area contributed by atoms with E-state index in [1.807, 2.05) is 0 Å². The average Bonchev–Trinajstić information content (AvgIpc) is 2.32. The van der Waals surface area contributed by atoms with Crippen molar-refractivity contribution in [2.24, 2.45) is 0 Å². The van der Waals surface area contributed by atoms with Gasteiger partial charge >= 0.3 is 5.97 Å². The molecule has 0 aliphatic carbocycles. The Kier molecular flexibility index (Phi) is 6.07. The number of carbonyl (C=O) groups excluding carboxylic acids is 1. The van der Waals surface area contributed by atoms with Gasteiger partial charge in [-0.3, -0.25) is 14.5 Å². The van der Waals surface area contributed by atoms with Gasteiger partial charge in [0, 0.05) is 5.02 Å². The topological polar surface area (TPSA) is 69.6 Å². The van der Waals surface area contributed by atoms with Crippen molar-refractivity contribution >= 4 is 52.4 Å². The van der Waals surface area contributed by atoms with Crippen molar-refractivity contribution in [1.82, 2.24) is 4.90 Å². The minimum Gasteiger partial charge on any atom is -0.480 e. The summed E-state index contributed by atoms with van der Waals surface area (Å²) in [5.74, 6) is -1.44. The van der Waals surface area contributed by atoms with Crippen molar-refractivity contribution in [2.75, 3.05) is 18.9 Å². The van der Waals surface area contributed by atoms with Gasteiger partial charge in [-0.15, -0.1) is 0 Å². The molecule has 0 aromatic heterocycles. The summed E-state index contributed by atoms with van der Waals surface area (Å²) in [5, 5.41) is 12.2. The van der Waals surface area contributed by atoms with Crippen LogP contribution in [0.2, 0.25) is 15.1 Å². The van der Waals surface area contributed by atoms with Gasteiger partial charge in [0.15, 0.2) is 0 Å². The Morgan fingerprint density at radius 1 is 1.30 bits per heavy atom. The van der Waals surface area contributed by atoms with E-state index in [0.717, 1.165) is 0 Å². The zero-order valence-electron chi connectivity index (χ0n) is 10.8. The van der Waals surface area contributed by atoms with E-state index in [-0.39, 0.29) is 22.3 Å². The molecule has 2 N–H and O–H groups in total. The molecule has 0 aliphatic heterocycles. The molecule has 1 unspecified atom stereocenters. The average molecular weight is 340 g/mol. The van der Waals surface area contributed by atoms with Crippen LogP contribution in [0.15, 0.2) is 12.1 Å².